The summed E-state index contributed by atoms with van der Waals surface area (Å²) in [4.78, 5) is 22.5. The van der Waals surface area contributed by atoms with Gasteiger partial charge in [-0.2, -0.15) is 0 Å². The Morgan fingerprint density at radius 2 is 2.05 bits per heavy atom. The number of carboxylic acid groups (broad SMARTS) is 1. The van der Waals surface area contributed by atoms with E-state index in [-0.39, 0.29) is 18.7 Å². The van der Waals surface area contributed by atoms with E-state index in [1.165, 1.54) is 0 Å². The Bertz CT molecular complexity index is 571. The first-order valence-corrected chi connectivity index (χ1v) is 7.12. The number of alkyl carbamates (subject to hydrolysis) is 1. The predicted molar refractivity (Wildman–Crippen MR) is 77.7 cm³/mol. The summed E-state index contributed by atoms with van der Waals surface area (Å²) in [5, 5.41) is 11.3. The number of rotatable bonds is 5. The Hall–Kier alpha value is -2.37. The molecule has 0 saturated heterocycles. The topological polar surface area (TPSA) is 75.6 Å². The number of hydrogen-bond donors (Lipinski definition) is 2. The Labute approximate surface area is 127 Å². The molecule has 1 aromatic carbocycles. The summed E-state index contributed by atoms with van der Waals surface area (Å²) in [5.41, 5.74) is 1.11. The van der Waals surface area contributed by atoms with Gasteiger partial charge >= 0.3 is 12.1 Å². The highest BCUT2D eigenvalue weighted by Crippen LogP contribution is 2.33. The van der Waals surface area contributed by atoms with Crippen LogP contribution >= 0.6 is 0 Å². The smallest absolute Gasteiger partial charge is 0.407 e. The molecule has 22 heavy (non-hydrogen) atoms. The van der Waals surface area contributed by atoms with Gasteiger partial charge in [-0.1, -0.05) is 30.3 Å². The molecule has 1 atom stereocenters. The highest BCUT2D eigenvalue weighted by atomic mass is 19.1. The molecule has 1 fully saturated rings. The van der Waals surface area contributed by atoms with Gasteiger partial charge in [-0.05, 0) is 30.4 Å². The number of benzene rings is 1. The maximum atomic E-state index is 14.0. The lowest BCUT2D eigenvalue weighted by atomic mass is 10.0. The molecule has 1 aliphatic rings. The summed E-state index contributed by atoms with van der Waals surface area (Å²) < 4.78 is 18.9. The molecular formula is C16H18FNO4. The van der Waals surface area contributed by atoms with E-state index < -0.39 is 23.8 Å². The van der Waals surface area contributed by atoms with Crippen molar-refractivity contribution in [3.8, 4) is 0 Å². The highest BCUT2D eigenvalue weighted by molar-refractivity contribution is 5.74. The molecule has 1 aromatic rings. The van der Waals surface area contributed by atoms with E-state index in [0.29, 0.717) is 19.3 Å². The number of nitrogens with one attached hydrogen (secondary N) is 1. The molecule has 118 valence electrons. The van der Waals surface area contributed by atoms with E-state index in [9.17, 15) is 14.0 Å². The minimum Gasteiger partial charge on any atom is -0.481 e. The third-order valence-corrected chi connectivity index (χ3v) is 3.61. The van der Waals surface area contributed by atoms with E-state index in [1.54, 1.807) is 0 Å². The standard InChI is InChI=1S/C16H18FNO4/c17-14(12-7-4-8-13(12)15(19)20)9-18-16(21)22-10-11-5-2-1-3-6-11/h1-3,5-6,13H,4,7-10H2,(H,18,21)(H,19,20)/b14-12-/t13-/m0/s1. The Balaban J connectivity index is 1.81. The fourth-order valence-electron chi connectivity index (χ4n) is 2.48. The van der Waals surface area contributed by atoms with E-state index in [1.807, 2.05) is 30.3 Å². The minimum absolute atomic E-state index is 0.0998. The number of hydrogen-bond acceptors (Lipinski definition) is 3. The monoisotopic (exact) mass is 307 g/mol. The molecule has 2 rings (SSSR count). The molecule has 1 aliphatic carbocycles. The zero-order valence-electron chi connectivity index (χ0n) is 12.0. The molecule has 2 N–H and O–H groups in total. The van der Waals surface area contributed by atoms with Crippen molar-refractivity contribution in [1.29, 1.82) is 0 Å². The van der Waals surface area contributed by atoms with Gasteiger partial charge < -0.3 is 15.2 Å². The molecule has 1 saturated carbocycles. The van der Waals surface area contributed by atoms with Crippen molar-refractivity contribution >= 4 is 12.1 Å². The molecule has 0 spiro atoms. The Morgan fingerprint density at radius 1 is 1.32 bits per heavy atom. The van der Waals surface area contributed by atoms with Crippen LogP contribution in [0, 0.1) is 5.92 Å². The van der Waals surface area contributed by atoms with Crippen molar-refractivity contribution in [2.45, 2.75) is 25.9 Å². The normalized spacial score (nSPS) is 19.6. The van der Waals surface area contributed by atoms with Crippen LogP contribution in [0.15, 0.2) is 41.7 Å². The van der Waals surface area contributed by atoms with Gasteiger partial charge in [0.15, 0.2) is 0 Å². The molecule has 6 heteroatoms. The van der Waals surface area contributed by atoms with Crippen LogP contribution in [0.1, 0.15) is 24.8 Å². The molecule has 0 aromatic heterocycles. The van der Waals surface area contributed by atoms with Crippen LogP contribution < -0.4 is 5.32 Å². The van der Waals surface area contributed by atoms with Crippen LogP contribution in [0.3, 0.4) is 0 Å². The number of ether oxygens (including phenoxy) is 1. The van der Waals surface area contributed by atoms with Gasteiger partial charge in [0.05, 0.1) is 12.5 Å². The first-order chi connectivity index (χ1) is 10.6. The number of amides is 1. The van der Waals surface area contributed by atoms with Gasteiger partial charge in [-0.25, -0.2) is 9.18 Å². The Kier molecular flexibility index (Phi) is 5.52. The van der Waals surface area contributed by atoms with Gasteiger partial charge in [-0.15, -0.1) is 0 Å². The van der Waals surface area contributed by atoms with Crippen molar-refractivity contribution < 1.29 is 23.8 Å². The first kappa shape index (κ1) is 16.0. The van der Waals surface area contributed by atoms with Crippen molar-refractivity contribution in [3.05, 3.63) is 47.3 Å². The molecule has 0 radical (unpaired) electrons. The molecule has 0 bridgehead atoms. The highest BCUT2D eigenvalue weighted by Gasteiger charge is 2.30. The molecular weight excluding hydrogens is 289 g/mol. The Morgan fingerprint density at radius 3 is 2.73 bits per heavy atom. The van der Waals surface area contributed by atoms with Gasteiger partial charge in [0, 0.05) is 0 Å². The quantitative estimate of drug-likeness (QED) is 0.876. The van der Waals surface area contributed by atoms with Crippen molar-refractivity contribution in [2.24, 2.45) is 5.92 Å². The van der Waals surface area contributed by atoms with E-state index in [4.69, 9.17) is 9.84 Å². The average molecular weight is 307 g/mol. The van der Waals surface area contributed by atoms with E-state index in [0.717, 1.165) is 5.56 Å². The lowest BCUT2D eigenvalue weighted by Gasteiger charge is -2.10. The number of halogens is 1. The zero-order valence-corrected chi connectivity index (χ0v) is 12.0. The number of carbonyl (C=O) groups excluding carboxylic acids is 1. The zero-order chi connectivity index (χ0) is 15.9. The number of aliphatic carboxylic acids is 1. The predicted octanol–water partition coefficient (Wildman–Crippen LogP) is 3.02. The maximum absolute atomic E-state index is 14.0. The van der Waals surface area contributed by atoms with Gasteiger partial charge in [0.1, 0.15) is 12.4 Å². The van der Waals surface area contributed by atoms with E-state index >= 15 is 0 Å². The van der Waals surface area contributed by atoms with Crippen LogP contribution in [0.2, 0.25) is 0 Å². The van der Waals surface area contributed by atoms with Gasteiger partial charge in [0.25, 0.3) is 0 Å². The molecule has 0 unspecified atom stereocenters. The van der Waals surface area contributed by atoms with Crippen molar-refractivity contribution in [2.75, 3.05) is 6.54 Å². The summed E-state index contributed by atoms with van der Waals surface area (Å²) in [7, 11) is 0. The lowest BCUT2D eigenvalue weighted by molar-refractivity contribution is -0.140. The van der Waals surface area contributed by atoms with Crippen LogP contribution in [0.25, 0.3) is 0 Å². The SMILES string of the molecule is O=C(NC/C(F)=C1\CCC[C@@H]1C(=O)O)OCc1ccccc1. The number of carboxylic acids is 1. The van der Waals surface area contributed by atoms with E-state index in [2.05, 4.69) is 5.32 Å². The molecule has 0 heterocycles. The number of carbonyl (C=O) groups is 2. The first-order valence-electron chi connectivity index (χ1n) is 7.12. The fraction of sp³-hybridized carbons (Fsp3) is 0.375. The molecule has 5 nitrogen and oxygen atoms in total. The van der Waals surface area contributed by atoms with Gasteiger partial charge in [-0.3, -0.25) is 4.79 Å². The van der Waals surface area contributed by atoms with Crippen molar-refractivity contribution in [3.63, 3.8) is 0 Å². The average Bonchev–Trinajstić information content (AvgIpc) is 3.01. The summed E-state index contributed by atoms with van der Waals surface area (Å²) in [6.45, 7) is -0.241. The lowest BCUT2D eigenvalue weighted by Crippen LogP contribution is -2.26. The molecule has 0 aliphatic heterocycles. The maximum Gasteiger partial charge on any atom is 0.407 e. The summed E-state index contributed by atoms with van der Waals surface area (Å²) in [6.07, 6.45) is 0.780. The second-order valence-corrected chi connectivity index (χ2v) is 5.13. The van der Waals surface area contributed by atoms with Crippen LogP contribution in [0.5, 0.6) is 0 Å². The van der Waals surface area contributed by atoms with Crippen LogP contribution in [-0.4, -0.2) is 23.7 Å². The third-order valence-electron chi connectivity index (χ3n) is 3.61. The van der Waals surface area contributed by atoms with Crippen LogP contribution in [0.4, 0.5) is 9.18 Å². The second kappa shape index (κ2) is 7.59. The largest absolute Gasteiger partial charge is 0.481 e. The fourth-order valence-corrected chi connectivity index (χ4v) is 2.48. The van der Waals surface area contributed by atoms with Crippen LogP contribution in [-0.2, 0) is 16.1 Å². The molecule has 1 amide bonds. The summed E-state index contributed by atoms with van der Waals surface area (Å²) in [6, 6.07) is 9.13. The summed E-state index contributed by atoms with van der Waals surface area (Å²) in [5.74, 6) is -2.38. The summed E-state index contributed by atoms with van der Waals surface area (Å²) >= 11 is 0. The van der Waals surface area contributed by atoms with Gasteiger partial charge in [0.2, 0.25) is 0 Å². The van der Waals surface area contributed by atoms with Crippen molar-refractivity contribution in [1.82, 2.24) is 5.32 Å². The minimum atomic E-state index is -1.02. The second-order valence-electron chi connectivity index (χ2n) is 5.13. The third kappa shape index (κ3) is 4.31.